The molecule has 2 aromatic rings. The Kier molecular flexibility index (Phi) is 4.51. The van der Waals surface area contributed by atoms with E-state index < -0.39 is 23.9 Å². The zero-order valence-corrected chi connectivity index (χ0v) is 13.5. The minimum atomic E-state index is -0.744. The quantitative estimate of drug-likeness (QED) is 0.414. The van der Waals surface area contributed by atoms with Gasteiger partial charge < -0.3 is 15.0 Å². The van der Waals surface area contributed by atoms with E-state index in [4.69, 9.17) is 4.74 Å². The summed E-state index contributed by atoms with van der Waals surface area (Å²) in [6.07, 6.45) is 0.0508. The maximum atomic E-state index is 12.4. The highest BCUT2D eigenvalue weighted by molar-refractivity contribution is 6.10. The molecule has 1 saturated heterocycles. The van der Waals surface area contributed by atoms with Crippen LogP contribution in [0.1, 0.15) is 28.9 Å². The summed E-state index contributed by atoms with van der Waals surface area (Å²) in [5.41, 5.74) is 2.07. The van der Waals surface area contributed by atoms with E-state index in [1.807, 2.05) is 24.3 Å². The van der Waals surface area contributed by atoms with Crippen LogP contribution in [-0.4, -0.2) is 41.3 Å². The smallest absolute Gasteiger partial charge is 0.322 e. The first kappa shape index (κ1) is 16.7. The molecule has 1 fully saturated rings. The maximum Gasteiger partial charge on any atom is 0.322 e. The van der Waals surface area contributed by atoms with Gasteiger partial charge in [-0.1, -0.05) is 18.2 Å². The van der Waals surface area contributed by atoms with Gasteiger partial charge in [0.1, 0.15) is 6.04 Å². The Morgan fingerprint density at radius 1 is 1.20 bits per heavy atom. The Labute approximate surface area is 142 Å². The number of Topliss-reactive ketones (excluding diaryl/α,β-unsaturated/α-hetero) is 1. The number of aromatic amines is 1. The van der Waals surface area contributed by atoms with Crippen molar-refractivity contribution in [1.29, 1.82) is 0 Å². The number of benzene rings is 1. The van der Waals surface area contributed by atoms with Crippen molar-refractivity contribution in [3.8, 4) is 0 Å². The average Bonchev–Trinajstić information content (AvgIpc) is 3.08. The molecular weight excluding hydrogens is 326 g/mol. The molecule has 3 rings (SSSR count). The molecule has 8 nitrogen and oxygen atoms in total. The molecule has 8 heteroatoms. The van der Waals surface area contributed by atoms with Crippen molar-refractivity contribution in [2.45, 2.75) is 25.8 Å². The zero-order chi connectivity index (χ0) is 18.0. The van der Waals surface area contributed by atoms with E-state index in [-0.39, 0.29) is 25.2 Å². The van der Waals surface area contributed by atoms with Crippen LogP contribution >= 0.6 is 0 Å². The molecule has 3 N–H and O–H groups in total. The molecule has 0 aliphatic carbocycles. The number of amides is 3. The summed E-state index contributed by atoms with van der Waals surface area (Å²) in [4.78, 5) is 49.7. The van der Waals surface area contributed by atoms with Crippen molar-refractivity contribution < 1.29 is 23.9 Å². The number of urea groups is 1. The van der Waals surface area contributed by atoms with E-state index in [9.17, 15) is 19.2 Å². The number of esters is 1. The highest BCUT2D eigenvalue weighted by atomic mass is 16.5. The van der Waals surface area contributed by atoms with Crippen LogP contribution in [0, 0.1) is 6.92 Å². The number of para-hydroxylation sites is 1. The third-order valence-corrected chi connectivity index (χ3v) is 4.03. The zero-order valence-electron chi connectivity index (χ0n) is 13.5. The predicted molar refractivity (Wildman–Crippen MR) is 88.0 cm³/mol. The number of ketones is 1. The van der Waals surface area contributed by atoms with Crippen molar-refractivity contribution in [3.63, 3.8) is 0 Å². The number of carbonyl (C=O) groups excluding carboxylic acids is 4. The van der Waals surface area contributed by atoms with Gasteiger partial charge in [0.25, 0.3) is 5.91 Å². The fraction of sp³-hybridized carbons (Fsp3) is 0.294. The van der Waals surface area contributed by atoms with Crippen LogP contribution < -0.4 is 10.6 Å². The molecule has 0 saturated carbocycles. The molecule has 0 spiro atoms. The molecule has 0 radical (unpaired) electrons. The van der Waals surface area contributed by atoms with Gasteiger partial charge in [-0.2, -0.15) is 0 Å². The van der Waals surface area contributed by atoms with Crippen molar-refractivity contribution in [2.24, 2.45) is 0 Å². The summed E-state index contributed by atoms with van der Waals surface area (Å²) in [6, 6.07) is 6.07. The first-order valence-electron chi connectivity index (χ1n) is 7.83. The molecule has 25 heavy (non-hydrogen) atoms. The summed E-state index contributed by atoms with van der Waals surface area (Å²) in [5, 5.41) is 5.26. The summed E-state index contributed by atoms with van der Waals surface area (Å²) in [6.45, 7) is 1.42. The molecule has 1 aromatic heterocycles. The first-order valence-corrected chi connectivity index (χ1v) is 7.83. The Hall–Kier alpha value is -3.16. The Morgan fingerprint density at radius 3 is 2.68 bits per heavy atom. The van der Waals surface area contributed by atoms with Gasteiger partial charge in [0, 0.05) is 28.6 Å². The van der Waals surface area contributed by atoms with Gasteiger partial charge in [0.05, 0.1) is 0 Å². The van der Waals surface area contributed by atoms with Crippen LogP contribution in [0.25, 0.3) is 10.9 Å². The number of hydrogen-bond donors (Lipinski definition) is 3. The van der Waals surface area contributed by atoms with Gasteiger partial charge in [-0.3, -0.25) is 19.7 Å². The summed E-state index contributed by atoms with van der Waals surface area (Å²) in [5.74, 6) is -1.36. The molecule has 2 heterocycles. The van der Waals surface area contributed by atoms with Gasteiger partial charge in [0.2, 0.25) is 5.78 Å². The van der Waals surface area contributed by atoms with E-state index >= 15 is 0 Å². The van der Waals surface area contributed by atoms with Crippen LogP contribution in [0.15, 0.2) is 24.3 Å². The summed E-state index contributed by atoms with van der Waals surface area (Å²) in [7, 11) is 0. The molecular formula is C17H17N3O5. The Bertz CT molecular complexity index is 870. The molecule has 0 bridgehead atoms. The molecule has 0 unspecified atom stereocenters. The predicted octanol–water partition coefficient (Wildman–Crippen LogP) is 1.19. The summed E-state index contributed by atoms with van der Waals surface area (Å²) < 4.78 is 5.01. The maximum absolute atomic E-state index is 12.4. The lowest BCUT2D eigenvalue weighted by atomic mass is 10.1. The second kappa shape index (κ2) is 6.76. The van der Waals surface area contributed by atoms with Crippen LogP contribution in [0.5, 0.6) is 0 Å². The Balaban J connectivity index is 1.55. The molecule has 1 aliphatic rings. The monoisotopic (exact) mass is 343 g/mol. The normalized spacial score (nSPS) is 16.6. The number of H-pyrrole nitrogens is 1. The van der Waals surface area contributed by atoms with Crippen molar-refractivity contribution in [3.05, 3.63) is 35.5 Å². The number of ether oxygens (including phenoxy) is 1. The van der Waals surface area contributed by atoms with E-state index in [2.05, 4.69) is 15.6 Å². The standard InChI is InChI=1S/C17H17N3O5/c1-9-15(10-4-2-3-5-11(10)18-9)13(21)8-25-14(22)7-6-12-16(23)20-17(24)19-12/h2-5,12,18H,6-8H2,1H3,(H2,19,20,23,24)/t12-/m0/s1. The van der Waals surface area contributed by atoms with Gasteiger partial charge >= 0.3 is 12.0 Å². The van der Waals surface area contributed by atoms with Crippen LogP contribution in [0.4, 0.5) is 4.79 Å². The third-order valence-electron chi connectivity index (χ3n) is 4.03. The number of nitrogens with one attached hydrogen (secondary N) is 3. The molecule has 130 valence electrons. The SMILES string of the molecule is Cc1[nH]c2ccccc2c1C(=O)COC(=O)CC[C@@H]1NC(=O)NC1=O. The van der Waals surface area contributed by atoms with Gasteiger partial charge in [-0.15, -0.1) is 0 Å². The van der Waals surface area contributed by atoms with Crippen molar-refractivity contribution in [1.82, 2.24) is 15.6 Å². The number of fused-ring (bicyclic) bond motifs is 1. The second-order valence-corrected chi connectivity index (χ2v) is 5.81. The van der Waals surface area contributed by atoms with E-state index in [1.54, 1.807) is 6.92 Å². The highest BCUT2D eigenvalue weighted by Crippen LogP contribution is 2.22. The molecule has 3 amide bonds. The van der Waals surface area contributed by atoms with Crippen LogP contribution in [0.3, 0.4) is 0 Å². The van der Waals surface area contributed by atoms with E-state index in [1.165, 1.54) is 0 Å². The fourth-order valence-corrected chi connectivity index (χ4v) is 2.85. The fourth-order valence-electron chi connectivity index (χ4n) is 2.85. The highest BCUT2D eigenvalue weighted by Gasteiger charge is 2.29. The number of imide groups is 1. The van der Waals surface area contributed by atoms with Crippen LogP contribution in [0.2, 0.25) is 0 Å². The minimum absolute atomic E-state index is 0.0709. The van der Waals surface area contributed by atoms with Gasteiger partial charge in [-0.05, 0) is 19.4 Å². The first-order chi connectivity index (χ1) is 12.0. The van der Waals surface area contributed by atoms with Crippen LogP contribution in [-0.2, 0) is 14.3 Å². The minimum Gasteiger partial charge on any atom is -0.457 e. The number of aromatic nitrogens is 1. The number of rotatable bonds is 6. The third kappa shape index (κ3) is 3.52. The number of carbonyl (C=O) groups is 4. The molecule has 1 atom stereocenters. The van der Waals surface area contributed by atoms with E-state index in [0.717, 1.165) is 10.9 Å². The number of aryl methyl sites for hydroxylation is 1. The van der Waals surface area contributed by atoms with Gasteiger partial charge in [0.15, 0.2) is 6.61 Å². The average molecular weight is 343 g/mol. The molecule has 1 aromatic carbocycles. The lowest BCUT2D eigenvalue weighted by molar-refractivity contribution is -0.142. The van der Waals surface area contributed by atoms with E-state index in [0.29, 0.717) is 11.3 Å². The van der Waals surface area contributed by atoms with Crippen molar-refractivity contribution >= 4 is 34.6 Å². The lowest BCUT2D eigenvalue weighted by Crippen LogP contribution is -2.29. The molecule has 1 aliphatic heterocycles. The van der Waals surface area contributed by atoms with Gasteiger partial charge in [-0.25, -0.2) is 4.79 Å². The lowest BCUT2D eigenvalue weighted by Gasteiger charge is -2.07. The topological polar surface area (TPSA) is 117 Å². The number of hydrogen-bond acceptors (Lipinski definition) is 5. The van der Waals surface area contributed by atoms with Crippen molar-refractivity contribution in [2.75, 3.05) is 6.61 Å². The summed E-state index contributed by atoms with van der Waals surface area (Å²) >= 11 is 0. The largest absolute Gasteiger partial charge is 0.457 e. The Morgan fingerprint density at radius 2 is 1.96 bits per heavy atom. The second-order valence-electron chi connectivity index (χ2n) is 5.81.